The van der Waals surface area contributed by atoms with Crippen LogP contribution in [0.4, 0.5) is 4.79 Å². The Balaban J connectivity index is 1.43. The summed E-state index contributed by atoms with van der Waals surface area (Å²) in [6.07, 6.45) is 2.47. The maximum Gasteiger partial charge on any atom is 0.315 e. The van der Waals surface area contributed by atoms with E-state index in [1.165, 1.54) is 5.56 Å². The lowest BCUT2D eigenvalue weighted by atomic mass is 10.1. The second-order valence-corrected chi connectivity index (χ2v) is 5.10. The Kier molecular flexibility index (Phi) is 4.34. The number of amides is 2. The van der Waals surface area contributed by atoms with Crippen molar-refractivity contribution in [3.8, 4) is 0 Å². The predicted molar refractivity (Wildman–Crippen MR) is 86.5 cm³/mol. The lowest BCUT2D eigenvalue weighted by Crippen LogP contribution is -2.36. The van der Waals surface area contributed by atoms with Crippen LogP contribution in [0.2, 0.25) is 0 Å². The average Bonchev–Trinajstić information content (AvgIpc) is 3.02. The molecular weight excluding hydrogens is 276 g/mol. The standard InChI is InChI=1S/C17H18N4O/c22-17(19-11-14-4-2-1-3-5-14)18-9-8-13-6-7-15-16(10-13)21-12-20-15/h1-7,10,12H,8-9,11H2,(H,20,21)(H2,18,19,22). The number of H-pyrrole nitrogens is 1. The highest BCUT2D eigenvalue weighted by molar-refractivity contribution is 5.75. The predicted octanol–water partition coefficient (Wildman–Crippen LogP) is 2.60. The Hall–Kier alpha value is -2.82. The van der Waals surface area contributed by atoms with E-state index in [4.69, 9.17) is 0 Å². The molecule has 22 heavy (non-hydrogen) atoms. The third-order valence-electron chi connectivity index (χ3n) is 3.48. The number of carbonyl (C=O) groups excluding carboxylic acids is 1. The van der Waals surface area contributed by atoms with Gasteiger partial charge in [0.1, 0.15) is 0 Å². The van der Waals surface area contributed by atoms with E-state index in [1.54, 1.807) is 6.33 Å². The van der Waals surface area contributed by atoms with Crippen LogP contribution in [0.1, 0.15) is 11.1 Å². The smallest absolute Gasteiger partial charge is 0.315 e. The highest BCUT2D eigenvalue weighted by atomic mass is 16.2. The third kappa shape index (κ3) is 3.63. The number of nitrogens with one attached hydrogen (secondary N) is 3. The molecule has 0 aliphatic carbocycles. The zero-order chi connectivity index (χ0) is 15.2. The van der Waals surface area contributed by atoms with Crippen LogP contribution in [0.15, 0.2) is 54.9 Å². The molecule has 0 spiro atoms. The highest BCUT2D eigenvalue weighted by Gasteiger charge is 2.02. The first-order valence-corrected chi connectivity index (χ1v) is 7.29. The molecule has 3 rings (SSSR count). The van der Waals surface area contributed by atoms with E-state index >= 15 is 0 Å². The summed E-state index contributed by atoms with van der Waals surface area (Å²) in [4.78, 5) is 19.0. The molecular formula is C17H18N4O. The molecule has 0 fully saturated rings. The summed E-state index contributed by atoms with van der Waals surface area (Å²) in [5.74, 6) is 0. The Morgan fingerprint density at radius 1 is 1.05 bits per heavy atom. The largest absolute Gasteiger partial charge is 0.345 e. The van der Waals surface area contributed by atoms with Crippen molar-refractivity contribution in [3.63, 3.8) is 0 Å². The van der Waals surface area contributed by atoms with Crippen molar-refractivity contribution in [1.29, 1.82) is 0 Å². The number of rotatable bonds is 5. The second-order valence-electron chi connectivity index (χ2n) is 5.10. The van der Waals surface area contributed by atoms with Gasteiger partial charge in [0.25, 0.3) is 0 Å². The van der Waals surface area contributed by atoms with Gasteiger partial charge in [-0.25, -0.2) is 9.78 Å². The molecule has 2 amide bonds. The van der Waals surface area contributed by atoms with Crippen molar-refractivity contribution in [3.05, 3.63) is 66.0 Å². The van der Waals surface area contributed by atoms with Crippen LogP contribution in [-0.2, 0) is 13.0 Å². The van der Waals surface area contributed by atoms with E-state index < -0.39 is 0 Å². The maximum absolute atomic E-state index is 11.7. The number of hydrogen-bond acceptors (Lipinski definition) is 2. The molecule has 112 valence electrons. The summed E-state index contributed by atoms with van der Waals surface area (Å²) in [6, 6.07) is 15.8. The molecule has 3 N–H and O–H groups in total. The molecule has 1 heterocycles. The number of carbonyl (C=O) groups is 1. The fourth-order valence-electron chi connectivity index (χ4n) is 2.30. The highest BCUT2D eigenvalue weighted by Crippen LogP contribution is 2.11. The van der Waals surface area contributed by atoms with Gasteiger partial charge in [0.15, 0.2) is 0 Å². The van der Waals surface area contributed by atoms with Crippen LogP contribution in [-0.4, -0.2) is 22.5 Å². The van der Waals surface area contributed by atoms with Crippen LogP contribution in [0.5, 0.6) is 0 Å². The summed E-state index contributed by atoms with van der Waals surface area (Å²) >= 11 is 0. The van der Waals surface area contributed by atoms with E-state index in [-0.39, 0.29) is 6.03 Å². The van der Waals surface area contributed by atoms with Crippen molar-refractivity contribution >= 4 is 17.1 Å². The number of fused-ring (bicyclic) bond motifs is 1. The van der Waals surface area contributed by atoms with E-state index in [0.717, 1.165) is 23.0 Å². The van der Waals surface area contributed by atoms with Crippen molar-refractivity contribution in [2.24, 2.45) is 0 Å². The van der Waals surface area contributed by atoms with Crippen LogP contribution in [0.25, 0.3) is 11.0 Å². The number of urea groups is 1. The number of aromatic amines is 1. The molecule has 5 heteroatoms. The molecule has 0 bridgehead atoms. The van der Waals surface area contributed by atoms with Gasteiger partial charge in [-0.3, -0.25) is 0 Å². The second kappa shape index (κ2) is 6.76. The zero-order valence-electron chi connectivity index (χ0n) is 12.2. The Labute approximate surface area is 128 Å². The van der Waals surface area contributed by atoms with Gasteiger partial charge in [0.05, 0.1) is 17.4 Å². The van der Waals surface area contributed by atoms with Gasteiger partial charge in [-0.1, -0.05) is 36.4 Å². The van der Waals surface area contributed by atoms with Gasteiger partial charge in [-0.15, -0.1) is 0 Å². The topological polar surface area (TPSA) is 69.8 Å². The van der Waals surface area contributed by atoms with E-state index in [1.807, 2.05) is 42.5 Å². The SMILES string of the molecule is O=C(NCCc1ccc2nc[nH]c2c1)NCc1ccccc1. The first-order valence-electron chi connectivity index (χ1n) is 7.29. The normalized spacial score (nSPS) is 10.5. The lowest BCUT2D eigenvalue weighted by molar-refractivity contribution is 0.240. The molecule has 0 unspecified atom stereocenters. The quantitative estimate of drug-likeness (QED) is 0.677. The van der Waals surface area contributed by atoms with Gasteiger partial charge in [0.2, 0.25) is 0 Å². The van der Waals surface area contributed by atoms with Crippen molar-refractivity contribution < 1.29 is 4.79 Å². The minimum Gasteiger partial charge on any atom is -0.345 e. The molecule has 0 atom stereocenters. The third-order valence-corrected chi connectivity index (χ3v) is 3.48. The fraction of sp³-hybridized carbons (Fsp3) is 0.176. The van der Waals surface area contributed by atoms with E-state index in [0.29, 0.717) is 13.1 Å². The molecule has 0 saturated carbocycles. The number of nitrogens with zero attached hydrogens (tertiary/aromatic N) is 1. The Morgan fingerprint density at radius 3 is 2.77 bits per heavy atom. The van der Waals surface area contributed by atoms with Crippen molar-refractivity contribution in [1.82, 2.24) is 20.6 Å². The molecule has 3 aromatic rings. The number of hydrogen-bond donors (Lipinski definition) is 3. The number of imidazole rings is 1. The van der Waals surface area contributed by atoms with Gasteiger partial charge < -0.3 is 15.6 Å². The van der Waals surface area contributed by atoms with Gasteiger partial charge >= 0.3 is 6.03 Å². The van der Waals surface area contributed by atoms with Crippen molar-refractivity contribution in [2.45, 2.75) is 13.0 Å². The van der Waals surface area contributed by atoms with Crippen LogP contribution >= 0.6 is 0 Å². The molecule has 0 saturated heterocycles. The van der Waals surface area contributed by atoms with Gasteiger partial charge in [0, 0.05) is 13.1 Å². The molecule has 0 aliphatic heterocycles. The van der Waals surface area contributed by atoms with Gasteiger partial charge in [-0.2, -0.15) is 0 Å². The first kappa shape index (κ1) is 14.1. The first-order chi connectivity index (χ1) is 10.8. The van der Waals surface area contributed by atoms with Crippen LogP contribution in [0, 0.1) is 0 Å². The van der Waals surface area contributed by atoms with Gasteiger partial charge in [-0.05, 0) is 29.7 Å². The molecule has 5 nitrogen and oxygen atoms in total. The molecule has 0 radical (unpaired) electrons. The van der Waals surface area contributed by atoms with Crippen LogP contribution in [0.3, 0.4) is 0 Å². The van der Waals surface area contributed by atoms with E-state index in [9.17, 15) is 4.79 Å². The monoisotopic (exact) mass is 294 g/mol. The Bertz CT molecular complexity index is 751. The fourth-order valence-corrected chi connectivity index (χ4v) is 2.30. The summed E-state index contributed by atoms with van der Waals surface area (Å²) < 4.78 is 0. The zero-order valence-corrected chi connectivity index (χ0v) is 12.2. The summed E-state index contributed by atoms with van der Waals surface area (Å²) in [6.45, 7) is 1.13. The summed E-state index contributed by atoms with van der Waals surface area (Å²) in [5.41, 5.74) is 4.23. The molecule has 2 aromatic carbocycles. The molecule has 1 aromatic heterocycles. The molecule has 0 aliphatic rings. The number of aromatic nitrogens is 2. The summed E-state index contributed by atoms with van der Waals surface area (Å²) in [7, 11) is 0. The van der Waals surface area contributed by atoms with Crippen molar-refractivity contribution in [2.75, 3.05) is 6.54 Å². The van der Waals surface area contributed by atoms with Crippen LogP contribution < -0.4 is 10.6 Å². The maximum atomic E-state index is 11.7. The minimum absolute atomic E-state index is 0.147. The van der Waals surface area contributed by atoms with E-state index in [2.05, 4.69) is 26.7 Å². The summed E-state index contributed by atoms with van der Waals surface area (Å²) in [5, 5.41) is 5.71. The minimum atomic E-state index is -0.147. The number of benzene rings is 2. The average molecular weight is 294 g/mol. The lowest BCUT2D eigenvalue weighted by Gasteiger charge is -2.08. The Morgan fingerprint density at radius 2 is 1.91 bits per heavy atom.